The van der Waals surface area contributed by atoms with Crippen molar-refractivity contribution in [1.82, 2.24) is 9.97 Å². The van der Waals surface area contributed by atoms with Gasteiger partial charge in [-0.25, -0.2) is 0 Å². The molecular weight excluding hydrogens is 230 g/mol. The van der Waals surface area contributed by atoms with Crippen LogP contribution in [0.25, 0.3) is 11.0 Å². The van der Waals surface area contributed by atoms with Crippen LogP contribution in [0.1, 0.15) is 13.3 Å². The number of nitrogens with one attached hydrogen (secondary N) is 1. The average Bonchev–Trinajstić information content (AvgIpc) is 2.39. The normalized spacial score (nSPS) is 10.5. The Morgan fingerprint density at radius 3 is 2.83 bits per heavy atom. The van der Waals surface area contributed by atoms with Crippen molar-refractivity contribution in [2.24, 2.45) is 0 Å². The fourth-order valence-corrected chi connectivity index (χ4v) is 1.55. The van der Waals surface area contributed by atoms with Crippen LogP contribution in [0.5, 0.6) is 0 Å². The fraction of sp³-hybridized carbons (Fsp3) is 0.308. The molecule has 0 fully saturated rings. The molecule has 2 aromatic rings. The highest BCUT2D eigenvalue weighted by Gasteiger charge is 2.03. The van der Waals surface area contributed by atoms with E-state index < -0.39 is 0 Å². The van der Waals surface area contributed by atoms with E-state index in [9.17, 15) is 4.79 Å². The molecular formula is C13H15N3O2. The van der Waals surface area contributed by atoms with Crippen LogP contribution in [0.15, 0.2) is 30.6 Å². The van der Waals surface area contributed by atoms with Gasteiger partial charge in [0.15, 0.2) is 0 Å². The van der Waals surface area contributed by atoms with E-state index in [2.05, 4.69) is 15.3 Å². The fourth-order valence-electron chi connectivity index (χ4n) is 1.55. The van der Waals surface area contributed by atoms with Crippen molar-refractivity contribution in [3.05, 3.63) is 30.6 Å². The molecule has 1 heterocycles. The van der Waals surface area contributed by atoms with Crippen LogP contribution in [-0.2, 0) is 9.53 Å². The molecule has 0 aliphatic carbocycles. The Balaban J connectivity index is 2.01. The van der Waals surface area contributed by atoms with Crippen molar-refractivity contribution >= 4 is 22.6 Å². The highest BCUT2D eigenvalue weighted by atomic mass is 16.5. The van der Waals surface area contributed by atoms with Crippen molar-refractivity contribution in [1.29, 1.82) is 0 Å². The van der Waals surface area contributed by atoms with Gasteiger partial charge in [0.05, 0.1) is 11.0 Å². The topological polar surface area (TPSA) is 64.1 Å². The maximum absolute atomic E-state index is 11.6. The van der Waals surface area contributed by atoms with Crippen molar-refractivity contribution < 1.29 is 9.53 Å². The van der Waals surface area contributed by atoms with Crippen LogP contribution in [-0.4, -0.2) is 29.1 Å². The molecule has 5 heteroatoms. The van der Waals surface area contributed by atoms with E-state index in [1.807, 2.05) is 13.0 Å². The number of carbonyl (C=O) groups is 1. The zero-order valence-electron chi connectivity index (χ0n) is 10.2. The number of aromatic nitrogens is 2. The van der Waals surface area contributed by atoms with Crippen molar-refractivity contribution in [2.75, 3.05) is 18.5 Å². The summed E-state index contributed by atoms with van der Waals surface area (Å²) in [5.74, 6) is -0.160. The van der Waals surface area contributed by atoms with Crippen LogP contribution in [0.2, 0.25) is 0 Å². The van der Waals surface area contributed by atoms with E-state index >= 15 is 0 Å². The van der Waals surface area contributed by atoms with Gasteiger partial charge in [0.1, 0.15) is 6.61 Å². The van der Waals surface area contributed by atoms with Crippen LogP contribution >= 0.6 is 0 Å². The minimum Gasteiger partial charge on any atom is -0.372 e. The summed E-state index contributed by atoms with van der Waals surface area (Å²) in [5, 5.41) is 2.76. The second kappa shape index (κ2) is 6.07. The standard InChI is InChI=1S/C13H15N3O2/c1-2-7-18-9-13(17)16-10-3-4-11-12(8-10)15-6-5-14-11/h3-6,8H,2,7,9H2,1H3,(H,16,17). The molecule has 0 atom stereocenters. The third-order valence-corrected chi connectivity index (χ3v) is 2.33. The first kappa shape index (κ1) is 12.4. The number of hydrogen-bond acceptors (Lipinski definition) is 4. The smallest absolute Gasteiger partial charge is 0.250 e. The van der Waals surface area contributed by atoms with Crippen LogP contribution < -0.4 is 5.32 Å². The van der Waals surface area contributed by atoms with Gasteiger partial charge >= 0.3 is 0 Å². The largest absolute Gasteiger partial charge is 0.372 e. The second-order valence-electron chi connectivity index (χ2n) is 3.86. The van der Waals surface area contributed by atoms with E-state index in [1.165, 1.54) is 0 Å². The summed E-state index contributed by atoms with van der Waals surface area (Å²) in [6.07, 6.45) is 4.16. The second-order valence-corrected chi connectivity index (χ2v) is 3.86. The van der Waals surface area contributed by atoms with E-state index in [0.29, 0.717) is 12.3 Å². The zero-order valence-corrected chi connectivity index (χ0v) is 10.2. The predicted octanol–water partition coefficient (Wildman–Crippen LogP) is 1.99. The summed E-state index contributed by atoms with van der Waals surface area (Å²) in [6, 6.07) is 5.42. The number of rotatable bonds is 5. The van der Waals surface area contributed by atoms with Gasteiger partial charge in [-0.2, -0.15) is 0 Å². The molecule has 1 amide bonds. The molecule has 1 N–H and O–H groups in total. The number of hydrogen-bond donors (Lipinski definition) is 1. The third-order valence-electron chi connectivity index (χ3n) is 2.33. The van der Waals surface area contributed by atoms with Crippen LogP contribution in [0.4, 0.5) is 5.69 Å². The van der Waals surface area contributed by atoms with Gasteiger partial charge in [-0.15, -0.1) is 0 Å². The van der Waals surface area contributed by atoms with E-state index in [0.717, 1.165) is 17.5 Å². The van der Waals surface area contributed by atoms with Crippen LogP contribution in [0.3, 0.4) is 0 Å². The minimum absolute atomic E-state index is 0.0757. The van der Waals surface area contributed by atoms with E-state index in [1.54, 1.807) is 24.5 Å². The number of benzene rings is 1. The summed E-state index contributed by atoms with van der Waals surface area (Å²) in [4.78, 5) is 19.9. The van der Waals surface area contributed by atoms with Gasteiger partial charge in [-0.1, -0.05) is 6.92 Å². The number of ether oxygens (including phenoxy) is 1. The lowest BCUT2D eigenvalue weighted by atomic mass is 10.2. The summed E-state index contributed by atoms with van der Waals surface area (Å²) in [7, 11) is 0. The summed E-state index contributed by atoms with van der Waals surface area (Å²) in [6.45, 7) is 2.67. The number of fused-ring (bicyclic) bond motifs is 1. The van der Waals surface area contributed by atoms with Gasteiger partial charge in [0.2, 0.25) is 5.91 Å². The molecule has 0 bridgehead atoms. The Morgan fingerprint density at radius 2 is 2.06 bits per heavy atom. The molecule has 94 valence electrons. The van der Waals surface area contributed by atoms with E-state index in [4.69, 9.17) is 4.74 Å². The van der Waals surface area contributed by atoms with E-state index in [-0.39, 0.29) is 12.5 Å². The molecule has 0 spiro atoms. The minimum atomic E-state index is -0.160. The Labute approximate surface area is 105 Å². The number of nitrogens with zero attached hydrogens (tertiary/aromatic N) is 2. The Morgan fingerprint density at radius 1 is 1.28 bits per heavy atom. The van der Waals surface area contributed by atoms with Crippen molar-refractivity contribution in [3.8, 4) is 0 Å². The Kier molecular flexibility index (Phi) is 4.20. The number of carbonyl (C=O) groups excluding carboxylic acids is 1. The molecule has 1 aromatic heterocycles. The predicted molar refractivity (Wildman–Crippen MR) is 69.3 cm³/mol. The average molecular weight is 245 g/mol. The summed E-state index contributed by atoms with van der Waals surface area (Å²) < 4.78 is 5.16. The quantitative estimate of drug-likeness (QED) is 0.818. The highest BCUT2D eigenvalue weighted by molar-refractivity contribution is 5.93. The first-order valence-electron chi connectivity index (χ1n) is 5.88. The van der Waals surface area contributed by atoms with Gasteiger partial charge in [0, 0.05) is 24.7 Å². The third kappa shape index (κ3) is 3.24. The lowest BCUT2D eigenvalue weighted by Gasteiger charge is -2.06. The Hall–Kier alpha value is -2.01. The lowest BCUT2D eigenvalue weighted by molar-refractivity contribution is -0.120. The molecule has 0 saturated carbocycles. The molecule has 0 radical (unpaired) electrons. The zero-order chi connectivity index (χ0) is 12.8. The molecule has 5 nitrogen and oxygen atoms in total. The van der Waals surface area contributed by atoms with Gasteiger partial charge in [-0.3, -0.25) is 14.8 Å². The highest BCUT2D eigenvalue weighted by Crippen LogP contribution is 2.14. The molecule has 1 aromatic carbocycles. The monoisotopic (exact) mass is 245 g/mol. The first-order chi connectivity index (χ1) is 8.79. The maximum atomic E-state index is 11.6. The number of amides is 1. The molecule has 0 saturated heterocycles. The van der Waals surface area contributed by atoms with Gasteiger partial charge in [0.25, 0.3) is 0 Å². The molecule has 2 rings (SSSR count). The number of anilines is 1. The summed E-state index contributed by atoms with van der Waals surface area (Å²) in [5.41, 5.74) is 2.26. The molecule has 0 aliphatic rings. The Bertz CT molecular complexity index is 543. The van der Waals surface area contributed by atoms with Crippen molar-refractivity contribution in [3.63, 3.8) is 0 Å². The summed E-state index contributed by atoms with van der Waals surface area (Å²) >= 11 is 0. The molecule has 18 heavy (non-hydrogen) atoms. The van der Waals surface area contributed by atoms with Gasteiger partial charge < -0.3 is 10.1 Å². The molecule has 0 aliphatic heterocycles. The first-order valence-corrected chi connectivity index (χ1v) is 5.88. The lowest BCUT2D eigenvalue weighted by Crippen LogP contribution is -2.18. The van der Waals surface area contributed by atoms with Crippen LogP contribution in [0, 0.1) is 0 Å². The SMILES string of the molecule is CCCOCC(=O)Nc1ccc2nccnc2c1. The maximum Gasteiger partial charge on any atom is 0.250 e. The molecule has 0 unspecified atom stereocenters. The van der Waals surface area contributed by atoms with Gasteiger partial charge in [-0.05, 0) is 24.6 Å². The van der Waals surface area contributed by atoms with Crippen molar-refractivity contribution in [2.45, 2.75) is 13.3 Å².